The summed E-state index contributed by atoms with van der Waals surface area (Å²) in [5.74, 6) is -3.04. The normalized spacial score (nSPS) is 13.4. The van der Waals surface area contributed by atoms with Crippen LogP contribution in [0.4, 0.5) is 5.69 Å². The number of aliphatic hydroxyl groups is 2. The number of carbonyl (C=O) groups is 6. The summed E-state index contributed by atoms with van der Waals surface area (Å²) < 4.78 is 12.7. The standard InChI is InChI=1S/C68H74N8O11.C23H30ClN3O.2C12H19N3O.ClH.Na/c1-29-41(13-17-61(79)80)53-28-56-44(16-20-64(85)86)32(4)48(72-56)24-59-68(36(8)52(76-59)25-58-65(37(9)77)33(5)49(73-58)21-45(29)69-53)40(12)87-39(11)67-35(7)50-22-46-30(2)42(14-18-62(81)82)54(70-46)27-55-43(15-19-63(83)84)31(3)47(71-55)23-57-66(38(10)78)34(6)51(74-57)26-60(67)75-50;1-5-27(6-2)13-7-8-16(3)25-23-19-11-9-17(24)14-22(19)26-21-12-10-18(28-4)15-20(21)23;2*1-9(2)15-12(16)11-6-4-10(5-7-11)8-14-13-3;;/h21-28,37-40,72,74-78H,13-20H2,1-12H3,(H,79,80)(H,81,82)(H,83,84)(H,85,86);9-12,14-16H,5-8,13H2,1-4H3,(H,25,26);2*4-7,9,13-14H,8H2,1-3H3,(H,15,16);1H;/q;;;;;+1. The van der Waals surface area contributed by atoms with E-state index in [1.54, 1.807) is 21.0 Å². The number of aromatic amines is 4. The number of hydrazine groups is 2. The number of benzene rings is 4. The molecule has 0 saturated heterocycles. The summed E-state index contributed by atoms with van der Waals surface area (Å²) in [5, 5.41) is 74.5. The Balaban J connectivity index is 0.000000293. The van der Waals surface area contributed by atoms with E-state index in [1.807, 2.05) is 232 Å². The minimum Gasteiger partial charge on any atom is -0.497 e. The SMILES string of the molecule is CC1=C(CCC(=O)O)c2cc3nc(cc4[nH]c(cc5[nH]c(cc1n2)c(C)c5C(C)OC(C)c1c(C)c2cc5nc(cc6nc(cc7[nH]c(cc1[nH]2)c(C)c7CCC(=O)O)C(CCC(=O)O)=C6C)C(C)=C5C(C)O)c(C)c4C(C)O)C(C)=C3CCC(=O)O.CCN(CC)CCCC(C)Nc1c2ccc(Cl)cc2nc2ccc(OC)cc12.CNNCc1ccc(C(=O)NC(C)C)cc1.CNNCc1ccc(C(=O)NC(C)C)cc1.Cl.[Na+]. The molecule has 786 valence electrons. The molecule has 17 N–H and O–H groups in total. The van der Waals surface area contributed by atoms with Crippen molar-refractivity contribution in [3.05, 3.63) is 251 Å². The summed E-state index contributed by atoms with van der Waals surface area (Å²) in [6, 6.07) is 43.0. The quantitative estimate of drug-likeness (QED) is 0.00977. The number of ether oxygens (including phenoxy) is 2. The number of carboxylic acid groups (broad SMARTS) is 4. The third-order valence-electron chi connectivity index (χ3n) is 27.2. The van der Waals surface area contributed by atoms with Crippen LogP contribution in [0.2, 0.25) is 5.02 Å². The summed E-state index contributed by atoms with van der Waals surface area (Å²) in [6.45, 7) is 42.3. The minimum atomic E-state index is -0.962. The first-order valence-corrected chi connectivity index (χ1v) is 50.7. The Hall–Kier alpha value is -12.6. The molecule has 7 aromatic heterocycles. The van der Waals surface area contributed by atoms with Crippen molar-refractivity contribution in [2.75, 3.05) is 46.2 Å². The van der Waals surface area contributed by atoms with E-state index >= 15 is 0 Å². The molecule has 5 unspecified atom stereocenters. The van der Waals surface area contributed by atoms with E-state index < -0.39 is 48.3 Å². The average Bonchev–Trinajstić information content (AvgIpc) is 0.946. The number of aromatic nitrogens is 9. The number of amides is 2. The molecule has 0 fully saturated rings. The van der Waals surface area contributed by atoms with E-state index in [0.717, 1.165) is 167 Å². The number of fused-ring (bicyclic) bond motifs is 18. The number of anilines is 1. The number of H-pyrrole nitrogens is 4. The van der Waals surface area contributed by atoms with Gasteiger partial charge >= 0.3 is 53.4 Å². The van der Waals surface area contributed by atoms with Crippen LogP contribution in [0, 0.1) is 27.7 Å². The van der Waals surface area contributed by atoms with Gasteiger partial charge in [0.2, 0.25) is 0 Å². The number of nitrogens with one attached hydrogen (secondary N) is 11. The number of pyridine rings is 1. The van der Waals surface area contributed by atoms with Gasteiger partial charge in [0.25, 0.3) is 11.8 Å². The summed E-state index contributed by atoms with van der Waals surface area (Å²) in [5.41, 5.74) is 40.8. The molecule has 0 spiro atoms. The summed E-state index contributed by atoms with van der Waals surface area (Å²) >= 11 is 6.22. The Morgan fingerprint density at radius 3 is 1.28 bits per heavy atom. The number of hydrogen-bond donors (Lipinski definition) is 17. The Bertz CT molecular complexity index is 7200. The summed E-state index contributed by atoms with van der Waals surface area (Å²) in [4.78, 5) is 114. The number of aryl methyl sites for hydroxylation is 5. The Morgan fingerprint density at radius 1 is 0.430 bits per heavy atom. The van der Waals surface area contributed by atoms with Gasteiger partial charge in [-0.2, -0.15) is 0 Å². The van der Waals surface area contributed by atoms with Gasteiger partial charge in [-0.3, -0.25) is 50.5 Å². The van der Waals surface area contributed by atoms with Crippen molar-refractivity contribution in [2.45, 2.75) is 251 Å². The van der Waals surface area contributed by atoms with Crippen molar-refractivity contribution in [3.8, 4) is 5.75 Å². The number of aliphatic carboxylic acids is 4. The maximum Gasteiger partial charge on any atom is 1.00 e. The van der Waals surface area contributed by atoms with Gasteiger partial charge in [0, 0.05) is 150 Å². The van der Waals surface area contributed by atoms with Crippen LogP contribution in [0.25, 0.3) is 111 Å². The van der Waals surface area contributed by atoms with Gasteiger partial charge in [-0.1, -0.05) is 49.7 Å². The van der Waals surface area contributed by atoms with E-state index in [-0.39, 0.29) is 117 Å². The van der Waals surface area contributed by atoms with E-state index in [1.165, 1.54) is 6.42 Å². The van der Waals surface area contributed by atoms with Crippen LogP contribution in [0.1, 0.15) is 302 Å². The third-order valence-corrected chi connectivity index (χ3v) is 27.5. The zero-order valence-corrected chi connectivity index (χ0v) is 93.3. The average molecular weight is 2080 g/mol. The Morgan fingerprint density at radius 2 is 0.832 bits per heavy atom. The van der Waals surface area contributed by atoms with Crippen LogP contribution >= 0.6 is 24.0 Å². The molecule has 15 rings (SSSR count). The molecular weight excluding hydrogens is 1940 g/mol. The fraction of sp³-hybridized carbons (Fsp3) is 0.383. The Labute approximate surface area is 904 Å². The van der Waals surface area contributed by atoms with Crippen molar-refractivity contribution in [1.82, 2.24) is 82.1 Å². The van der Waals surface area contributed by atoms with Crippen LogP contribution in [-0.2, 0) is 43.4 Å². The van der Waals surface area contributed by atoms with Crippen LogP contribution < -0.4 is 71.9 Å². The molecule has 4 aliphatic heterocycles. The molecule has 16 bridgehead atoms. The van der Waals surface area contributed by atoms with Gasteiger partial charge in [-0.25, -0.2) is 24.9 Å². The molecule has 2 amide bonds. The number of rotatable bonds is 37. The molecule has 4 aliphatic rings. The minimum absolute atomic E-state index is 0. The first-order chi connectivity index (χ1) is 70.0. The second kappa shape index (κ2) is 53.7. The molecule has 0 saturated carbocycles. The second-order valence-electron chi connectivity index (χ2n) is 38.5. The summed E-state index contributed by atoms with van der Waals surface area (Å²) in [7, 11) is 5.34. The zero-order valence-electron chi connectivity index (χ0n) is 89.8. The van der Waals surface area contributed by atoms with E-state index in [9.17, 15) is 59.4 Å². The van der Waals surface area contributed by atoms with E-state index in [2.05, 4.69) is 95.4 Å². The molecule has 4 aromatic carbocycles. The maximum atomic E-state index is 12.2. The van der Waals surface area contributed by atoms with Gasteiger partial charge in [-0.15, -0.1) is 12.4 Å². The molecule has 11 heterocycles. The fourth-order valence-corrected chi connectivity index (χ4v) is 19.5. The number of nitrogens with zero attached hydrogens (tertiary/aromatic N) is 6. The number of methoxy groups -OCH3 is 1. The number of aliphatic hydroxyl groups excluding tert-OH is 2. The zero-order chi connectivity index (χ0) is 107. The van der Waals surface area contributed by atoms with E-state index in [4.69, 9.17) is 46.0 Å². The number of allylic oxidation sites excluding steroid dienone is 7. The second-order valence-corrected chi connectivity index (χ2v) is 38.9. The fourth-order valence-electron chi connectivity index (χ4n) is 19.3. The van der Waals surface area contributed by atoms with E-state index in [0.29, 0.717) is 117 Å². The summed E-state index contributed by atoms with van der Waals surface area (Å²) in [6.07, 6.45) is -0.441. The van der Waals surface area contributed by atoms with Crippen molar-refractivity contribution in [2.24, 2.45) is 0 Å². The van der Waals surface area contributed by atoms with Gasteiger partial charge in [0.05, 0.1) is 93.8 Å². The van der Waals surface area contributed by atoms with Crippen molar-refractivity contribution >= 4 is 176 Å². The van der Waals surface area contributed by atoms with Crippen LogP contribution in [0.5, 0.6) is 5.75 Å². The third kappa shape index (κ3) is 29.6. The van der Waals surface area contributed by atoms with Crippen molar-refractivity contribution in [3.63, 3.8) is 0 Å². The van der Waals surface area contributed by atoms with Crippen LogP contribution in [0.15, 0.2) is 133 Å². The van der Waals surface area contributed by atoms with Crippen LogP contribution in [-0.4, -0.2) is 181 Å². The van der Waals surface area contributed by atoms with Gasteiger partial charge in [-0.05, 0) is 377 Å². The predicted octanol–water partition coefficient (Wildman–Crippen LogP) is 19.3. The van der Waals surface area contributed by atoms with Gasteiger partial charge in [0.1, 0.15) is 5.75 Å². The molecule has 0 radical (unpaired) electrons. The number of hydrogen-bond acceptors (Lipinski definition) is 21. The number of halogens is 2. The first-order valence-electron chi connectivity index (χ1n) is 50.4. The molecule has 34 heteroatoms. The van der Waals surface area contributed by atoms with Crippen molar-refractivity contribution < 1.29 is 98.4 Å². The Kier molecular flexibility index (Phi) is 42.7. The van der Waals surface area contributed by atoms with Crippen LogP contribution in [0.3, 0.4) is 0 Å². The van der Waals surface area contributed by atoms with Crippen molar-refractivity contribution in [1.29, 1.82) is 0 Å². The molecule has 149 heavy (non-hydrogen) atoms. The topological polar surface area (TPSA) is 457 Å². The van der Waals surface area contributed by atoms with Gasteiger partial charge < -0.3 is 80.9 Å². The van der Waals surface area contributed by atoms with Gasteiger partial charge in [0.15, 0.2) is 0 Å². The molecule has 5 atom stereocenters. The predicted molar refractivity (Wildman–Crippen MR) is 596 cm³/mol. The first kappa shape index (κ1) is 118. The molecule has 11 aromatic rings. The monoisotopic (exact) mass is 2080 g/mol. The molecular formula is C115H143Cl2N17NaO14+. The number of carbonyl (C=O) groups excluding carboxylic acids is 2. The molecule has 31 nitrogen and oxygen atoms in total. The number of carboxylic acids is 4. The smallest absolute Gasteiger partial charge is 0.497 e. The largest absolute Gasteiger partial charge is 1.00 e. The molecule has 0 aliphatic carbocycles. The maximum absolute atomic E-state index is 12.2.